The third-order valence-electron chi connectivity index (χ3n) is 3.52. The average molecular weight is 290 g/mol. The van der Waals surface area contributed by atoms with E-state index in [1.54, 1.807) is 11.0 Å². The number of hydrogen-bond donors (Lipinski definition) is 1. The molecule has 0 fully saturated rings. The Balaban J connectivity index is 2.02. The normalized spacial score (nSPS) is 24.9. The van der Waals surface area contributed by atoms with Gasteiger partial charge in [0.05, 0.1) is 6.04 Å². The van der Waals surface area contributed by atoms with Gasteiger partial charge in [-0.2, -0.15) is 0 Å². The molecule has 3 atom stereocenters. The third kappa shape index (κ3) is 3.83. The molecule has 2 rings (SSSR count). The van der Waals surface area contributed by atoms with E-state index in [0.717, 1.165) is 5.56 Å². The Kier molecular flexibility index (Phi) is 5.36. The van der Waals surface area contributed by atoms with Crippen molar-refractivity contribution < 1.29 is 14.3 Å². The second-order valence-electron chi connectivity index (χ2n) is 5.00. The van der Waals surface area contributed by atoms with E-state index in [4.69, 9.17) is 15.2 Å². The lowest BCUT2D eigenvalue weighted by molar-refractivity contribution is -0.0451. The van der Waals surface area contributed by atoms with Crippen LogP contribution in [-0.4, -0.2) is 35.9 Å². The minimum absolute atomic E-state index is 0.171. The Morgan fingerprint density at radius 3 is 2.67 bits per heavy atom. The van der Waals surface area contributed by atoms with E-state index in [-0.39, 0.29) is 18.7 Å². The number of hydrogen-bond acceptors (Lipinski definition) is 4. The number of ether oxygens (including phenoxy) is 2. The molecule has 1 aliphatic rings. The van der Waals surface area contributed by atoms with Gasteiger partial charge in [0, 0.05) is 12.6 Å². The molecule has 0 saturated heterocycles. The lowest BCUT2D eigenvalue weighted by Gasteiger charge is -2.38. The smallest absolute Gasteiger partial charge is 0.412 e. The molecule has 1 aromatic carbocycles. The molecule has 0 bridgehead atoms. The summed E-state index contributed by atoms with van der Waals surface area (Å²) >= 11 is 0. The minimum Gasteiger partial charge on any atom is -0.444 e. The topological polar surface area (TPSA) is 64.8 Å². The highest BCUT2D eigenvalue weighted by atomic mass is 16.6. The summed E-state index contributed by atoms with van der Waals surface area (Å²) in [6, 6.07) is 9.19. The summed E-state index contributed by atoms with van der Waals surface area (Å²) in [5, 5.41) is 0. The number of nitrogens with zero attached hydrogens (tertiary/aromatic N) is 1. The minimum atomic E-state index is -0.423. The maximum absolute atomic E-state index is 12.3. The van der Waals surface area contributed by atoms with E-state index < -0.39 is 12.3 Å². The molecular formula is C16H22N2O3. The lowest BCUT2D eigenvalue weighted by atomic mass is 10.0. The molecule has 0 spiro atoms. The van der Waals surface area contributed by atoms with Crippen LogP contribution in [0.25, 0.3) is 0 Å². The fraction of sp³-hybridized carbons (Fsp3) is 0.438. The van der Waals surface area contributed by atoms with E-state index in [9.17, 15) is 4.79 Å². The molecule has 1 aromatic rings. The Morgan fingerprint density at radius 1 is 1.29 bits per heavy atom. The number of carbonyl (C=O) groups excluding carboxylic acids is 1. The van der Waals surface area contributed by atoms with Gasteiger partial charge in [-0.3, -0.25) is 4.90 Å². The van der Waals surface area contributed by atoms with Gasteiger partial charge in [0.15, 0.2) is 6.23 Å². The zero-order valence-electron chi connectivity index (χ0n) is 12.4. The van der Waals surface area contributed by atoms with Crippen LogP contribution < -0.4 is 5.73 Å². The van der Waals surface area contributed by atoms with Crippen molar-refractivity contribution in [2.75, 3.05) is 6.61 Å². The Bertz CT molecular complexity index is 490. The second-order valence-corrected chi connectivity index (χ2v) is 5.00. The number of amides is 1. The van der Waals surface area contributed by atoms with Crippen molar-refractivity contribution in [1.82, 2.24) is 4.90 Å². The van der Waals surface area contributed by atoms with Crippen LogP contribution in [0, 0.1) is 0 Å². The summed E-state index contributed by atoms with van der Waals surface area (Å²) in [6.45, 7) is 4.53. The van der Waals surface area contributed by atoms with Gasteiger partial charge >= 0.3 is 6.09 Å². The van der Waals surface area contributed by atoms with Crippen molar-refractivity contribution in [3.05, 3.63) is 48.0 Å². The predicted molar refractivity (Wildman–Crippen MR) is 80.5 cm³/mol. The summed E-state index contributed by atoms with van der Waals surface area (Å²) in [5.74, 6) is 0. The molecule has 1 amide bonds. The molecule has 0 aromatic heterocycles. The Hall–Kier alpha value is -1.85. The highest BCUT2D eigenvalue weighted by Crippen LogP contribution is 2.19. The van der Waals surface area contributed by atoms with Crippen LogP contribution in [-0.2, 0) is 16.1 Å². The highest BCUT2D eigenvalue weighted by molar-refractivity contribution is 5.69. The fourth-order valence-electron chi connectivity index (χ4n) is 2.26. The molecule has 0 unspecified atom stereocenters. The fourth-order valence-corrected chi connectivity index (χ4v) is 2.26. The molecule has 1 heterocycles. The van der Waals surface area contributed by atoms with Gasteiger partial charge in [-0.15, -0.1) is 0 Å². The average Bonchev–Trinajstić information content (AvgIpc) is 2.50. The molecule has 0 aliphatic carbocycles. The Labute approximate surface area is 125 Å². The summed E-state index contributed by atoms with van der Waals surface area (Å²) in [4.78, 5) is 13.9. The van der Waals surface area contributed by atoms with Gasteiger partial charge in [0.2, 0.25) is 0 Å². The zero-order chi connectivity index (χ0) is 15.2. The monoisotopic (exact) mass is 290 g/mol. The van der Waals surface area contributed by atoms with E-state index in [2.05, 4.69) is 0 Å². The Morgan fingerprint density at radius 2 is 2.00 bits per heavy atom. The summed E-state index contributed by atoms with van der Waals surface area (Å²) in [7, 11) is 0. The quantitative estimate of drug-likeness (QED) is 0.864. The summed E-state index contributed by atoms with van der Waals surface area (Å²) in [5.41, 5.74) is 6.93. The van der Waals surface area contributed by atoms with Crippen LogP contribution in [0.15, 0.2) is 42.5 Å². The SMILES string of the molecule is CCO[C@@H]1C=C[C@H](N)[C@@H](C)N1C(=O)OCc1ccccc1. The lowest BCUT2D eigenvalue weighted by Crippen LogP contribution is -2.55. The van der Waals surface area contributed by atoms with E-state index in [0.29, 0.717) is 6.61 Å². The van der Waals surface area contributed by atoms with Gasteiger partial charge in [0.25, 0.3) is 0 Å². The molecule has 21 heavy (non-hydrogen) atoms. The predicted octanol–water partition coefficient (Wildman–Crippen LogP) is 2.27. The van der Waals surface area contributed by atoms with Crippen molar-refractivity contribution in [1.29, 1.82) is 0 Å². The van der Waals surface area contributed by atoms with E-state index in [1.807, 2.05) is 50.3 Å². The zero-order valence-corrected chi connectivity index (χ0v) is 12.4. The molecule has 2 N–H and O–H groups in total. The molecule has 0 radical (unpaired) electrons. The third-order valence-corrected chi connectivity index (χ3v) is 3.52. The maximum atomic E-state index is 12.3. The molecule has 5 nitrogen and oxygen atoms in total. The van der Waals surface area contributed by atoms with Gasteiger partial charge in [0.1, 0.15) is 6.61 Å². The molecule has 114 valence electrons. The maximum Gasteiger partial charge on any atom is 0.412 e. The number of carbonyl (C=O) groups is 1. The van der Waals surface area contributed by atoms with Gasteiger partial charge < -0.3 is 15.2 Å². The molecule has 1 aliphatic heterocycles. The van der Waals surface area contributed by atoms with Crippen LogP contribution in [0.5, 0.6) is 0 Å². The van der Waals surface area contributed by atoms with Crippen LogP contribution >= 0.6 is 0 Å². The number of benzene rings is 1. The summed E-state index contributed by atoms with van der Waals surface area (Å²) in [6.07, 6.45) is 2.84. The van der Waals surface area contributed by atoms with Crippen molar-refractivity contribution in [3.63, 3.8) is 0 Å². The van der Waals surface area contributed by atoms with E-state index in [1.165, 1.54) is 0 Å². The van der Waals surface area contributed by atoms with Crippen molar-refractivity contribution in [2.24, 2.45) is 5.73 Å². The second kappa shape index (κ2) is 7.24. The molecular weight excluding hydrogens is 268 g/mol. The number of rotatable bonds is 4. The summed E-state index contributed by atoms with van der Waals surface area (Å²) < 4.78 is 11.0. The molecule has 5 heteroatoms. The first-order valence-electron chi connectivity index (χ1n) is 7.18. The van der Waals surface area contributed by atoms with Gasteiger partial charge in [-0.05, 0) is 25.5 Å². The van der Waals surface area contributed by atoms with Crippen LogP contribution in [0.2, 0.25) is 0 Å². The van der Waals surface area contributed by atoms with Crippen molar-refractivity contribution in [3.8, 4) is 0 Å². The first-order valence-corrected chi connectivity index (χ1v) is 7.18. The van der Waals surface area contributed by atoms with Crippen LogP contribution in [0.3, 0.4) is 0 Å². The van der Waals surface area contributed by atoms with Crippen molar-refractivity contribution >= 4 is 6.09 Å². The number of nitrogens with two attached hydrogens (primary N) is 1. The first kappa shape index (κ1) is 15.5. The van der Waals surface area contributed by atoms with Crippen LogP contribution in [0.1, 0.15) is 19.4 Å². The largest absolute Gasteiger partial charge is 0.444 e. The van der Waals surface area contributed by atoms with Crippen LogP contribution in [0.4, 0.5) is 4.79 Å². The van der Waals surface area contributed by atoms with E-state index >= 15 is 0 Å². The first-order chi connectivity index (χ1) is 10.1. The molecule has 0 saturated carbocycles. The standard InChI is InChI=1S/C16H22N2O3/c1-3-20-15-10-9-14(17)12(2)18(15)16(19)21-11-13-7-5-4-6-8-13/h4-10,12,14-15H,3,11,17H2,1-2H3/t12-,14+,15-/m1/s1. The van der Waals surface area contributed by atoms with Crippen molar-refractivity contribution in [2.45, 2.75) is 38.8 Å². The highest BCUT2D eigenvalue weighted by Gasteiger charge is 2.34. The van der Waals surface area contributed by atoms with Gasteiger partial charge in [-0.25, -0.2) is 4.79 Å². The van der Waals surface area contributed by atoms with Gasteiger partial charge in [-0.1, -0.05) is 36.4 Å².